The van der Waals surface area contributed by atoms with Crippen molar-refractivity contribution in [3.8, 4) is 6.01 Å². The maximum Gasteiger partial charge on any atom is 0.297 e. The van der Waals surface area contributed by atoms with E-state index in [1.54, 1.807) is 24.2 Å². The van der Waals surface area contributed by atoms with Gasteiger partial charge in [-0.1, -0.05) is 43.2 Å². The van der Waals surface area contributed by atoms with Crippen LogP contribution >= 0.6 is 0 Å². The lowest BCUT2D eigenvalue weighted by molar-refractivity contribution is -0.140. The number of carbonyl (C=O) groups excluding carboxylic acids is 3. The molecule has 3 amide bonds. The van der Waals surface area contributed by atoms with Crippen molar-refractivity contribution in [3.63, 3.8) is 0 Å². The van der Waals surface area contributed by atoms with Crippen LogP contribution in [0.5, 0.6) is 6.01 Å². The normalized spacial score (nSPS) is 27.9. The van der Waals surface area contributed by atoms with E-state index < -0.39 is 50.3 Å². The van der Waals surface area contributed by atoms with Crippen LogP contribution in [0.15, 0.2) is 60.9 Å². The van der Waals surface area contributed by atoms with E-state index in [2.05, 4.69) is 20.3 Å². The van der Waals surface area contributed by atoms with Crippen molar-refractivity contribution in [2.24, 2.45) is 5.92 Å². The molecule has 5 atom stereocenters. The molecule has 1 aromatic carbocycles. The van der Waals surface area contributed by atoms with Gasteiger partial charge in [-0.15, -0.1) is 0 Å². The Labute approximate surface area is 298 Å². The number of rotatable bonds is 8. The SMILES string of the molecule is CC(C)n1c(O[C@@H]2C[C@H]3C(=O)N[C@]4(C(=O)NS(=O)(=O)C5(C)CC5)C[C@H]4C=CCCCCC[C@H](Nc4ccccc4)C(=O)N3C2)nc2ccncc21. The molecule has 272 valence electrons. The second kappa shape index (κ2) is 13.6. The molecule has 1 saturated heterocycles. The number of hydrogen-bond donors (Lipinski definition) is 3. The van der Waals surface area contributed by atoms with Crippen LogP contribution in [-0.4, -0.2) is 80.6 Å². The van der Waals surface area contributed by atoms with Gasteiger partial charge in [-0.25, -0.2) is 8.42 Å². The molecule has 13 nitrogen and oxygen atoms in total. The minimum Gasteiger partial charge on any atom is -0.459 e. The lowest BCUT2D eigenvalue weighted by Crippen LogP contribution is -2.58. The molecule has 4 heterocycles. The fourth-order valence-corrected chi connectivity index (χ4v) is 8.64. The minimum absolute atomic E-state index is 0.00199. The van der Waals surface area contributed by atoms with Crippen LogP contribution in [0.1, 0.15) is 84.6 Å². The number of nitrogens with one attached hydrogen (secondary N) is 3. The maximum absolute atomic E-state index is 14.6. The molecule has 14 heteroatoms. The number of amides is 3. The zero-order valence-corrected chi connectivity index (χ0v) is 30.2. The van der Waals surface area contributed by atoms with Gasteiger partial charge in [0.15, 0.2) is 0 Å². The summed E-state index contributed by atoms with van der Waals surface area (Å²) in [5.74, 6) is -1.88. The minimum atomic E-state index is -3.94. The number of imidazole rings is 1. The number of hydrogen-bond acceptors (Lipinski definition) is 9. The molecule has 0 bridgehead atoms. The standard InChI is InChI=1S/C37H47N7O6S/c1-24(2)44-31-22-38-19-16-28(31)40-35(44)50-27-20-30-32(45)41-37(34(47)42-51(48,49)36(3)17-18-36)21-25(37)12-8-5-4-6-11-15-29(33(46)43(30)23-27)39-26-13-9-7-10-14-26/h7-10,12-14,16,19,22,24-25,27,29-30,39H,4-6,11,15,17-18,20-21,23H2,1-3H3,(H,41,45)(H,42,47)/t25-,27-,29+,30+,37-/m1/s1. The van der Waals surface area contributed by atoms with E-state index in [0.717, 1.165) is 42.4 Å². The van der Waals surface area contributed by atoms with Gasteiger partial charge in [-0.3, -0.25) is 28.7 Å². The summed E-state index contributed by atoms with van der Waals surface area (Å²) in [6, 6.07) is 10.1. The average Bonchev–Trinajstić information content (AvgIpc) is 3.92. The number of sulfonamides is 1. The van der Waals surface area contributed by atoms with Crippen molar-refractivity contribution in [1.29, 1.82) is 0 Å². The van der Waals surface area contributed by atoms with Crippen molar-refractivity contribution in [2.45, 2.75) is 113 Å². The summed E-state index contributed by atoms with van der Waals surface area (Å²) in [7, 11) is -3.94. The Morgan fingerprint density at radius 1 is 1.10 bits per heavy atom. The predicted octanol–water partition coefficient (Wildman–Crippen LogP) is 4.23. The molecule has 3 aromatic rings. The number of aromatic nitrogens is 3. The summed E-state index contributed by atoms with van der Waals surface area (Å²) in [6.07, 6.45) is 12.0. The van der Waals surface area contributed by atoms with Crippen molar-refractivity contribution >= 4 is 44.5 Å². The van der Waals surface area contributed by atoms with Crippen molar-refractivity contribution < 1.29 is 27.5 Å². The Balaban J connectivity index is 1.21. The molecule has 3 N–H and O–H groups in total. The first-order valence-corrected chi connectivity index (χ1v) is 19.6. The Kier molecular flexibility index (Phi) is 9.32. The van der Waals surface area contributed by atoms with Crippen LogP contribution in [0, 0.1) is 5.92 Å². The first-order chi connectivity index (χ1) is 24.4. The van der Waals surface area contributed by atoms with Gasteiger partial charge in [-0.05, 0) is 77.5 Å². The van der Waals surface area contributed by atoms with Crippen molar-refractivity contribution in [3.05, 3.63) is 60.9 Å². The third-order valence-electron chi connectivity index (χ3n) is 10.8. The van der Waals surface area contributed by atoms with Gasteiger partial charge in [0.1, 0.15) is 23.7 Å². The molecule has 7 rings (SSSR count). The van der Waals surface area contributed by atoms with Gasteiger partial charge in [-0.2, -0.15) is 4.98 Å². The summed E-state index contributed by atoms with van der Waals surface area (Å²) < 4.78 is 36.0. The molecule has 4 aliphatic rings. The van der Waals surface area contributed by atoms with Crippen molar-refractivity contribution in [1.82, 2.24) is 29.5 Å². The van der Waals surface area contributed by atoms with Gasteiger partial charge in [0.25, 0.3) is 11.9 Å². The number of para-hydroxylation sites is 1. The largest absolute Gasteiger partial charge is 0.459 e. The average molecular weight is 718 g/mol. The van der Waals surface area contributed by atoms with E-state index in [1.165, 1.54) is 0 Å². The molecular weight excluding hydrogens is 671 g/mol. The predicted molar refractivity (Wildman–Crippen MR) is 192 cm³/mol. The van der Waals surface area contributed by atoms with Crippen LogP contribution in [0.25, 0.3) is 11.0 Å². The zero-order chi connectivity index (χ0) is 36.0. The lowest BCUT2D eigenvalue weighted by Gasteiger charge is -2.30. The van der Waals surface area contributed by atoms with Crippen LogP contribution in [0.2, 0.25) is 0 Å². The van der Waals surface area contributed by atoms with Crippen LogP contribution in [0.4, 0.5) is 5.69 Å². The van der Waals surface area contributed by atoms with E-state index in [1.807, 2.05) is 67.0 Å². The molecule has 51 heavy (non-hydrogen) atoms. The van der Waals surface area contributed by atoms with Gasteiger partial charge in [0.2, 0.25) is 21.8 Å². The third-order valence-corrected chi connectivity index (χ3v) is 13.0. The number of anilines is 1. The fraction of sp³-hybridized carbons (Fsp3) is 0.541. The van der Waals surface area contributed by atoms with Gasteiger partial charge < -0.3 is 20.3 Å². The molecule has 2 aliphatic heterocycles. The van der Waals surface area contributed by atoms with Crippen molar-refractivity contribution in [2.75, 3.05) is 11.9 Å². The Bertz CT molecular complexity index is 1940. The summed E-state index contributed by atoms with van der Waals surface area (Å²) in [5.41, 5.74) is 0.886. The number of benzene rings is 1. The monoisotopic (exact) mass is 717 g/mol. The number of allylic oxidation sites excluding steroid dienone is 1. The molecule has 2 aliphatic carbocycles. The highest BCUT2D eigenvalue weighted by atomic mass is 32.2. The summed E-state index contributed by atoms with van der Waals surface area (Å²) in [4.78, 5) is 53.4. The van der Waals surface area contributed by atoms with E-state index in [0.29, 0.717) is 25.3 Å². The second-order valence-electron chi connectivity index (χ2n) is 15.0. The van der Waals surface area contributed by atoms with Gasteiger partial charge >= 0.3 is 0 Å². The molecular formula is C37H47N7O6S. The van der Waals surface area contributed by atoms with Crippen LogP contribution < -0.4 is 20.1 Å². The smallest absolute Gasteiger partial charge is 0.297 e. The fourth-order valence-electron chi connectivity index (χ4n) is 7.33. The first-order valence-electron chi connectivity index (χ1n) is 18.1. The number of pyridine rings is 1. The van der Waals surface area contributed by atoms with Crippen LogP contribution in [0.3, 0.4) is 0 Å². The topological polar surface area (TPSA) is 165 Å². The zero-order valence-electron chi connectivity index (χ0n) is 29.4. The summed E-state index contributed by atoms with van der Waals surface area (Å²) in [6.45, 7) is 5.78. The maximum atomic E-state index is 14.6. The van der Waals surface area contributed by atoms with E-state index >= 15 is 0 Å². The molecule has 0 unspecified atom stereocenters. The highest BCUT2D eigenvalue weighted by Crippen LogP contribution is 2.47. The third kappa shape index (κ3) is 6.94. The number of carbonyl (C=O) groups is 3. The highest BCUT2D eigenvalue weighted by Gasteiger charge is 2.63. The quantitative estimate of drug-likeness (QED) is 0.289. The van der Waals surface area contributed by atoms with Gasteiger partial charge in [0, 0.05) is 30.3 Å². The lowest BCUT2D eigenvalue weighted by atomic mass is 10.0. The van der Waals surface area contributed by atoms with E-state index in [9.17, 15) is 22.8 Å². The molecule has 3 fully saturated rings. The number of fused-ring (bicyclic) bond motifs is 3. The molecule has 0 radical (unpaired) electrons. The number of ether oxygens (including phenoxy) is 1. The van der Waals surface area contributed by atoms with Gasteiger partial charge in [0.05, 0.1) is 28.5 Å². The first kappa shape index (κ1) is 35.0. The highest BCUT2D eigenvalue weighted by molar-refractivity contribution is 7.91. The Hall–Kier alpha value is -4.46. The summed E-state index contributed by atoms with van der Waals surface area (Å²) in [5, 5.41) is 6.37. The van der Waals surface area contributed by atoms with E-state index in [4.69, 9.17) is 9.72 Å². The second-order valence-corrected chi connectivity index (χ2v) is 17.2. The molecule has 0 spiro atoms. The number of nitrogens with zero attached hydrogens (tertiary/aromatic N) is 4. The molecule has 2 aromatic heterocycles. The summed E-state index contributed by atoms with van der Waals surface area (Å²) >= 11 is 0. The Morgan fingerprint density at radius 2 is 1.88 bits per heavy atom. The van der Waals surface area contributed by atoms with E-state index in [-0.39, 0.29) is 37.3 Å². The molecule has 2 saturated carbocycles. The Morgan fingerprint density at radius 3 is 2.63 bits per heavy atom. The van der Waals surface area contributed by atoms with Crippen LogP contribution in [-0.2, 0) is 24.4 Å².